The summed E-state index contributed by atoms with van der Waals surface area (Å²) in [6.45, 7) is 0. The van der Waals surface area contributed by atoms with E-state index in [-0.39, 0.29) is 0 Å². The van der Waals surface area contributed by atoms with E-state index in [1.807, 2.05) is 0 Å². The van der Waals surface area contributed by atoms with Crippen LogP contribution in [0.15, 0.2) is 0 Å². The van der Waals surface area contributed by atoms with Gasteiger partial charge >= 0.3 is 0 Å². The van der Waals surface area contributed by atoms with E-state index in [0.29, 0.717) is 0 Å². The number of hydrogen-bond donors (Lipinski definition) is 2. The second kappa shape index (κ2) is 2.75. The quantitative estimate of drug-likeness (QED) is 0.202. The molecule has 0 aliphatic carbocycles. The highest BCUT2D eigenvalue weighted by Gasteiger charge is 1.91. The molecular formula is CH3N4O3-. The molecule has 0 rings (SSSR count). The molecule has 0 aromatic carbocycles. The normalized spacial score (nSPS) is 7.62. The number of carbonyl (C=O) groups excluding carboxylic acids is 1. The second-order valence-electron chi connectivity index (χ2n) is 0.787. The summed E-state index contributed by atoms with van der Waals surface area (Å²) in [5.74, 6) is 4.42. The number of nitrogens with one attached hydrogen (secondary N) is 1. The van der Waals surface area contributed by atoms with Gasteiger partial charge in [0, 0.05) is 0 Å². The van der Waals surface area contributed by atoms with Crippen LogP contribution >= 0.6 is 0 Å². The van der Waals surface area contributed by atoms with Gasteiger partial charge < -0.3 is 11.3 Å². The monoisotopic (exact) mass is 119 g/mol. The van der Waals surface area contributed by atoms with E-state index >= 15 is 0 Å². The van der Waals surface area contributed by atoms with Crippen LogP contribution in [0.3, 0.4) is 0 Å². The Morgan fingerprint density at radius 1 is 1.88 bits per heavy atom. The van der Waals surface area contributed by atoms with Gasteiger partial charge in [-0.15, -0.1) is 0 Å². The highest BCUT2D eigenvalue weighted by Crippen LogP contribution is 1.83. The molecule has 0 radical (unpaired) electrons. The SMILES string of the molecule is NNC(=O)[N-][N+](=O)[O-]. The van der Waals surface area contributed by atoms with Crippen LogP contribution in [-0.2, 0) is 0 Å². The summed E-state index contributed by atoms with van der Waals surface area (Å²) in [6.07, 6.45) is 0. The lowest BCUT2D eigenvalue weighted by Gasteiger charge is -1.99. The predicted molar refractivity (Wildman–Crippen MR) is 23.1 cm³/mol. The van der Waals surface area contributed by atoms with Gasteiger partial charge in [-0.1, -0.05) is 5.43 Å². The van der Waals surface area contributed by atoms with E-state index in [9.17, 15) is 14.9 Å². The fraction of sp³-hybridized carbons (Fsp3) is 0. The number of hydrogen-bond acceptors (Lipinski definition) is 4. The zero-order valence-corrected chi connectivity index (χ0v) is 3.70. The van der Waals surface area contributed by atoms with Gasteiger partial charge in [0.25, 0.3) is 0 Å². The van der Waals surface area contributed by atoms with Crippen molar-refractivity contribution in [2.75, 3.05) is 0 Å². The summed E-state index contributed by atoms with van der Waals surface area (Å²) < 4.78 is 0. The Hall–Kier alpha value is -1.37. The van der Waals surface area contributed by atoms with Crippen LogP contribution in [0.1, 0.15) is 0 Å². The molecule has 0 aromatic heterocycles. The van der Waals surface area contributed by atoms with Crippen LogP contribution in [0, 0.1) is 10.1 Å². The first-order valence-electron chi connectivity index (χ1n) is 1.53. The third-order valence-corrected chi connectivity index (χ3v) is 0.296. The molecule has 7 nitrogen and oxygen atoms in total. The van der Waals surface area contributed by atoms with E-state index in [1.165, 1.54) is 5.43 Å². The lowest BCUT2D eigenvalue weighted by Crippen LogP contribution is -2.28. The standard InChI is InChI=1S/CH4N4O3/c2-3-1(6)4-5(7)8/h2H2,(H2,3,4,6)/p-1. The average Bonchev–Trinajstić information content (AvgIpc) is 1.65. The Kier molecular flexibility index (Phi) is 2.28. The molecule has 0 fully saturated rings. The number of nitrogens with two attached hydrogens (primary N) is 1. The van der Waals surface area contributed by atoms with Crippen LogP contribution in [0.2, 0.25) is 0 Å². The lowest BCUT2D eigenvalue weighted by molar-refractivity contribution is -0.418. The highest BCUT2D eigenvalue weighted by atomic mass is 16.7. The number of nitrogens with zero attached hydrogens (tertiary/aromatic N) is 2. The molecule has 8 heavy (non-hydrogen) atoms. The van der Waals surface area contributed by atoms with Crippen LogP contribution in [0.4, 0.5) is 4.79 Å². The number of rotatable bonds is 1. The Morgan fingerprint density at radius 2 is 2.38 bits per heavy atom. The zero-order valence-electron chi connectivity index (χ0n) is 3.70. The first-order chi connectivity index (χ1) is 3.66. The largest absolute Gasteiger partial charge is 0.396 e. The molecule has 0 bridgehead atoms. The van der Waals surface area contributed by atoms with Gasteiger partial charge in [-0.3, -0.25) is 14.9 Å². The fourth-order valence-corrected chi connectivity index (χ4v) is 0.103. The van der Waals surface area contributed by atoms with Gasteiger partial charge in [0.1, 0.15) is 0 Å². The van der Waals surface area contributed by atoms with Crippen LogP contribution < -0.4 is 11.3 Å². The smallest absolute Gasteiger partial charge is 0.226 e. The Morgan fingerprint density at radius 3 is 2.50 bits per heavy atom. The summed E-state index contributed by atoms with van der Waals surface area (Å²) in [7, 11) is 0. The van der Waals surface area contributed by atoms with Crippen molar-refractivity contribution in [3.8, 4) is 0 Å². The van der Waals surface area contributed by atoms with Gasteiger partial charge in [-0.25, -0.2) is 0 Å². The molecule has 0 aliphatic heterocycles. The summed E-state index contributed by atoms with van der Waals surface area (Å²) in [6, 6.07) is -1.17. The van der Waals surface area contributed by atoms with Crippen molar-refractivity contribution in [3.63, 3.8) is 0 Å². The first-order valence-corrected chi connectivity index (χ1v) is 1.53. The molecule has 0 heterocycles. The average molecular weight is 119 g/mol. The van der Waals surface area contributed by atoms with Crippen molar-refractivity contribution in [1.82, 2.24) is 5.43 Å². The van der Waals surface area contributed by atoms with Gasteiger partial charge in [-0.2, -0.15) is 0 Å². The third-order valence-electron chi connectivity index (χ3n) is 0.296. The molecule has 0 aromatic rings. The first kappa shape index (κ1) is 6.63. The van der Waals surface area contributed by atoms with Crippen molar-refractivity contribution >= 4 is 6.03 Å². The van der Waals surface area contributed by atoms with E-state index < -0.39 is 11.1 Å². The van der Waals surface area contributed by atoms with E-state index in [2.05, 4.69) is 11.3 Å². The third kappa shape index (κ3) is 2.85. The Bertz CT molecular complexity index is 110. The molecule has 0 saturated heterocycles. The molecule has 0 spiro atoms. The number of amides is 2. The summed E-state index contributed by atoms with van der Waals surface area (Å²) >= 11 is 0. The molecule has 0 aliphatic rings. The van der Waals surface area contributed by atoms with Crippen molar-refractivity contribution in [2.45, 2.75) is 0 Å². The molecule has 3 N–H and O–H groups in total. The Balaban J connectivity index is 3.40. The second-order valence-corrected chi connectivity index (χ2v) is 0.787. The van der Waals surface area contributed by atoms with Crippen molar-refractivity contribution in [2.24, 2.45) is 5.84 Å². The lowest BCUT2D eigenvalue weighted by atomic mass is 11.1. The maximum atomic E-state index is 9.78. The van der Waals surface area contributed by atoms with Gasteiger partial charge in [-0.05, 0) is 0 Å². The van der Waals surface area contributed by atoms with Crippen molar-refractivity contribution in [3.05, 3.63) is 15.5 Å². The van der Waals surface area contributed by atoms with Crippen LogP contribution in [0.25, 0.3) is 5.43 Å². The Labute approximate surface area is 43.9 Å². The summed E-state index contributed by atoms with van der Waals surface area (Å²) in [4.78, 5) is 19.1. The number of carbonyl (C=O) groups is 1. The van der Waals surface area contributed by atoms with Crippen LogP contribution in [-0.4, -0.2) is 11.1 Å². The molecule has 2 amide bonds. The number of hydrazine groups is 1. The fourth-order valence-electron chi connectivity index (χ4n) is 0.103. The zero-order chi connectivity index (χ0) is 6.57. The number of urea groups is 1. The number of nitro groups is 1. The molecule has 7 heteroatoms. The maximum absolute atomic E-state index is 9.78. The maximum Gasteiger partial charge on any atom is 0.226 e. The molecule has 0 saturated carbocycles. The minimum atomic E-state index is -1.17. The van der Waals surface area contributed by atoms with Crippen molar-refractivity contribution in [1.29, 1.82) is 0 Å². The van der Waals surface area contributed by atoms with E-state index in [0.717, 1.165) is 0 Å². The molecular weight excluding hydrogens is 116 g/mol. The minimum absolute atomic E-state index is 1.14. The minimum Gasteiger partial charge on any atom is -0.396 e. The van der Waals surface area contributed by atoms with Crippen molar-refractivity contribution < 1.29 is 9.83 Å². The van der Waals surface area contributed by atoms with Crippen LogP contribution in [0.5, 0.6) is 0 Å². The highest BCUT2D eigenvalue weighted by molar-refractivity contribution is 5.84. The van der Waals surface area contributed by atoms with Gasteiger partial charge in [0.05, 0.1) is 5.03 Å². The van der Waals surface area contributed by atoms with Gasteiger partial charge in [0.2, 0.25) is 6.03 Å². The van der Waals surface area contributed by atoms with Gasteiger partial charge in [0.15, 0.2) is 0 Å². The summed E-state index contributed by atoms with van der Waals surface area (Å²) in [5.41, 5.74) is 3.69. The van der Waals surface area contributed by atoms with E-state index in [4.69, 9.17) is 0 Å². The molecule has 46 valence electrons. The molecule has 0 unspecified atom stereocenters. The summed E-state index contributed by atoms with van der Waals surface area (Å²) in [5, 5.41) is 8.15. The molecule has 0 atom stereocenters. The van der Waals surface area contributed by atoms with E-state index in [1.54, 1.807) is 0 Å². The topological polar surface area (TPSA) is 112 Å². The predicted octanol–water partition coefficient (Wildman–Crippen LogP) is -0.865.